The maximum Gasteiger partial charge on any atom is 0.230 e. The van der Waals surface area contributed by atoms with Crippen molar-refractivity contribution in [3.05, 3.63) is 108 Å². The van der Waals surface area contributed by atoms with Crippen molar-refractivity contribution in [1.29, 1.82) is 0 Å². The summed E-state index contributed by atoms with van der Waals surface area (Å²) in [5.74, 6) is 1.24. The summed E-state index contributed by atoms with van der Waals surface area (Å²) >= 11 is 0. The summed E-state index contributed by atoms with van der Waals surface area (Å²) in [5, 5.41) is 0. The van der Waals surface area contributed by atoms with E-state index in [0.29, 0.717) is 0 Å². The van der Waals surface area contributed by atoms with Gasteiger partial charge in [-0.15, -0.1) is 0 Å². The van der Waals surface area contributed by atoms with E-state index in [4.69, 9.17) is 4.99 Å². The lowest BCUT2D eigenvalue weighted by molar-refractivity contribution is -0.848. The molecule has 0 bridgehead atoms. The van der Waals surface area contributed by atoms with Crippen molar-refractivity contribution in [2.45, 2.75) is 13.0 Å². The van der Waals surface area contributed by atoms with Crippen LogP contribution in [-0.4, -0.2) is 30.0 Å². The van der Waals surface area contributed by atoms with Crippen LogP contribution in [0, 0.1) is 0 Å². The predicted octanol–water partition coefficient (Wildman–Crippen LogP) is 4.71. The van der Waals surface area contributed by atoms with Crippen LogP contribution in [0.4, 0.5) is 0 Å². The molecule has 0 aliphatic carbocycles. The average molecular weight is 341 g/mol. The van der Waals surface area contributed by atoms with Crippen LogP contribution in [0.5, 0.6) is 0 Å². The maximum absolute atomic E-state index is 4.96. The maximum atomic E-state index is 4.96. The Labute approximate surface area is 156 Å². The van der Waals surface area contributed by atoms with Gasteiger partial charge in [0, 0.05) is 12.0 Å². The summed E-state index contributed by atoms with van der Waals surface area (Å²) in [5.41, 5.74) is 4.04. The fraction of sp³-hybridized carbons (Fsp3) is 0.208. The zero-order chi connectivity index (χ0) is 17.7. The second-order valence-corrected chi connectivity index (χ2v) is 7.04. The first kappa shape index (κ1) is 16.7. The zero-order valence-electron chi connectivity index (χ0n) is 15.1. The lowest BCUT2D eigenvalue weighted by Gasteiger charge is -2.35. The molecule has 130 valence electrons. The highest BCUT2D eigenvalue weighted by Crippen LogP contribution is 2.25. The molecule has 1 unspecified atom stereocenters. The van der Waals surface area contributed by atoms with E-state index >= 15 is 0 Å². The molecule has 4 rings (SSSR count). The Bertz CT molecular complexity index is 856. The van der Waals surface area contributed by atoms with E-state index in [1.54, 1.807) is 0 Å². The highest BCUT2D eigenvalue weighted by molar-refractivity contribution is 5.94. The van der Waals surface area contributed by atoms with Crippen molar-refractivity contribution in [1.82, 2.24) is 0 Å². The predicted molar refractivity (Wildman–Crippen MR) is 108 cm³/mol. The molecule has 0 saturated heterocycles. The van der Waals surface area contributed by atoms with E-state index < -0.39 is 0 Å². The number of quaternary nitrogens is 1. The van der Waals surface area contributed by atoms with E-state index in [9.17, 15) is 0 Å². The molecule has 0 N–H and O–H groups in total. The molecule has 1 aliphatic rings. The Hall–Kier alpha value is -2.71. The molecule has 0 radical (unpaired) electrons. The third-order valence-electron chi connectivity index (χ3n) is 5.27. The second-order valence-electron chi connectivity index (χ2n) is 7.04. The Kier molecular flexibility index (Phi) is 4.94. The Morgan fingerprint density at radius 1 is 0.692 bits per heavy atom. The Morgan fingerprint density at radius 2 is 1.27 bits per heavy atom. The van der Waals surface area contributed by atoms with Crippen molar-refractivity contribution in [3.8, 4) is 0 Å². The molecule has 0 saturated carbocycles. The summed E-state index contributed by atoms with van der Waals surface area (Å²) in [7, 11) is 0. The summed E-state index contributed by atoms with van der Waals surface area (Å²) in [6, 6.07) is 32.4. The van der Waals surface area contributed by atoms with Gasteiger partial charge in [-0.25, -0.2) is 4.99 Å². The van der Waals surface area contributed by atoms with Gasteiger partial charge in [-0.2, -0.15) is 0 Å². The van der Waals surface area contributed by atoms with Crippen molar-refractivity contribution < 1.29 is 4.48 Å². The van der Waals surface area contributed by atoms with Gasteiger partial charge in [-0.05, 0) is 17.7 Å². The van der Waals surface area contributed by atoms with Crippen LogP contribution in [0.2, 0.25) is 0 Å². The zero-order valence-corrected chi connectivity index (χ0v) is 15.1. The molecule has 1 atom stereocenters. The van der Waals surface area contributed by atoms with E-state index in [0.717, 1.165) is 37.1 Å². The molecule has 26 heavy (non-hydrogen) atoms. The summed E-state index contributed by atoms with van der Waals surface area (Å²) in [4.78, 5) is 4.96. The molecule has 0 spiro atoms. The van der Waals surface area contributed by atoms with Crippen LogP contribution in [-0.2, 0) is 13.0 Å². The fourth-order valence-corrected chi connectivity index (χ4v) is 3.93. The number of hydrogen-bond acceptors (Lipinski definition) is 1. The minimum Gasteiger partial charge on any atom is -0.269 e. The minimum atomic E-state index is 0.909. The first-order valence-electron chi connectivity index (χ1n) is 9.40. The van der Waals surface area contributed by atoms with Crippen LogP contribution < -0.4 is 0 Å². The van der Waals surface area contributed by atoms with E-state index in [1.165, 1.54) is 22.5 Å². The molecule has 1 aliphatic heterocycles. The molecular weight excluding hydrogens is 316 g/mol. The van der Waals surface area contributed by atoms with Crippen molar-refractivity contribution in [2.24, 2.45) is 4.99 Å². The molecule has 0 fully saturated rings. The van der Waals surface area contributed by atoms with Crippen LogP contribution in [0.3, 0.4) is 0 Å². The van der Waals surface area contributed by atoms with Gasteiger partial charge in [-0.3, -0.25) is 4.48 Å². The topological polar surface area (TPSA) is 12.4 Å². The number of amidine groups is 1. The first-order chi connectivity index (χ1) is 12.9. The molecule has 2 nitrogen and oxygen atoms in total. The summed E-state index contributed by atoms with van der Waals surface area (Å²) < 4.78 is 0.933. The van der Waals surface area contributed by atoms with Gasteiger partial charge in [0.05, 0.1) is 18.7 Å². The highest BCUT2D eigenvalue weighted by Gasteiger charge is 2.38. The van der Waals surface area contributed by atoms with E-state index in [-0.39, 0.29) is 0 Å². The van der Waals surface area contributed by atoms with Crippen molar-refractivity contribution >= 4 is 5.84 Å². The van der Waals surface area contributed by atoms with Crippen LogP contribution in [0.15, 0.2) is 96.0 Å². The molecule has 3 aromatic rings. The van der Waals surface area contributed by atoms with Crippen molar-refractivity contribution in [2.75, 3.05) is 19.6 Å². The summed E-state index contributed by atoms with van der Waals surface area (Å²) in [6.45, 7) is 4.06. The Balaban J connectivity index is 1.66. The number of aliphatic imine (C=N–C) groups is 1. The monoisotopic (exact) mass is 341 g/mol. The summed E-state index contributed by atoms with van der Waals surface area (Å²) in [6.07, 6.45) is 1.07. The lowest BCUT2D eigenvalue weighted by Crippen LogP contribution is -2.51. The van der Waals surface area contributed by atoms with Gasteiger partial charge in [0.15, 0.2) is 0 Å². The highest BCUT2D eigenvalue weighted by atomic mass is 15.4. The first-order valence-corrected chi connectivity index (χ1v) is 9.40. The second kappa shape index (κ2) is 7.67. The SMILES string of the molecule is c1ccc(CC[N+]2(Cc3ccccc3)CCN=C2c2ccccc2)cc1. The van der Waals surface area contributed by atoms with E-state index in [1.807, 2.05) is 0 Å². The van der Waals surface area contributed by atoms with Crippen LogP contribution in [0.25, 0.3) is 0 Å². The number of hydrogen-bond donors (Lipinski definition) is 0. The molecule has 0 aromatic heterocycles. The van der Waals surface area contributed by atoms with Crippen LogP contribution >= 0.6 is 0 Å². The fourth-order valence-electron chi connectivity index (χ4n) is 3.93. The van der Waals surface area contributed by atoms with Gasteiger partial charge in [0.2, 0.25) is 5.84 Å². The van der Waals surface area contributed by atoms with Crippen LogP contribution in [0.1, 0.15) is 16.7 Å². The van der Waals surface area contributed by atoms with Gasteiger partial charge in [-0.1, -0.05) is 78.9 Å². The molecular formula is C24H25N2+. The molecule has 1 heterocycles. The smallest absolute Gasteiger partial charge is 0.230 e. The Morgan fingerprint density at radius 3 is 1.92 bits per heavy atom. The van der Waals surface area contributed by atoms with Gasteiger partial charge < -0.3 is 0 Å². The van der Waals surface area contributed by atoms with Gasteiger partial charge in [0.25, 0.3) is 0 Å². The largest absolute Gasteiger partial charge is 0.269 e. The van der Waals surface area contributed by atoms with E-state index in [2.05, 4.69) is 91.0 Å². The number of nitrogens with zero attached hydrogens (tertiary/aromatic N) is 2. The number of rotatable bonds is 6. The lowest BCUT2D eigenvalue weighted by atomic mass is 10.1. The number of benzene rings is 3. The van der Waals surface area contributed by atoms with Gasteiger partial charge in [0.1, 0.15) is 13.1 Å². The quantitative estimate of drug-likeness (QED) is 0.576. The molecule has 0 amide bonds. The normalized spacial score (nSPS) is 19.3. The molecule has 3 aromatic carbocycles. The molecule has 2 heteroatoms. The minimum absolute atomic E-state index is 0.909. The standard InChI is InChI=1S/C24H25N2/c1-4-10-21(11-5-1)16-18-26(20-22-12-6-2-7-13-22)19-17-25-24(26)23-14-8-3-9-15-23/h1-15H,16-20H2/q+1. The third kappa shape index (κ3) is 3.61. The van der Waals surface area contributed by atoms with Gasteiger partial charge >= 0.3 is 0 Å². The third-order valence-corrected chi connectivity index (χ3v) is 5.27. The van der Waals surface area contributed by atoms with Crippen molar-refractivity contribution in [3.63, 3.8) is 0 Å². The average Bonchev–Trinajstić information content (AvgIpc) is 3.12.